The van der Waals surface area contributed by atoms with Crippen molar-refractivity contribution < 1.29 is 4.39 Å². The Labute approximate surface area is 37.0 Å². The maximum absolute atomic E-state index is 11.0. The highest BCUT2D eigenvalue weighted by molar-refractivity contribution is 4.80. The minimum Gasteiger partial charge on any atom is -0.246 e. The van der Waals surface area contributed by atoms with Crippen molar-refractivity contribution >= 4 is 0 Å². The molecular formula is C5H7F. The molecule has 0 unspecified atom stereocenters. The summed E-state index contributed by atoms with van der Waals surface area (Å²) in [5.41, 5.74) is 2.57. The predicted octanol–water partition coefficient (Wildman–Crippen LogP) is 1.69. The van der Waals surface area contributed by atoms with Gasteiger partial charge in [-0.25, -0.2) is 4.39 Å². The molecule has 0 aromatic rings. The van der Waals surface area contributed by atoms with Gasteiger partial charge in [-0.15, -0.1) is 5.73 Å². The summed E-state index contributed by atoms with van der Waals surface area (Å²) in [5, 5.41) is 0. The molecule has 0 aliphatic heterocycles. The van der Waals surface area contributed by atoms with Gasteiger partial charge in [0.2, 0.25) is 0 Å². The van der Waals surface area contributed by atoms with Crippen LogP contribution in [0.1, 0.15) is 6.92 Å². The third-order valence-electron chi connectivity index (χ3n) is 0.362. The number of allylic oxidation sites excluding steroid dienone is 1. The zero-order chi connectivity index (χ0) is 4.83. The van der Waals surface area contributed by atoms with E-state index in [1.807, 2.05) is 0 Å². The van der Waals surface area contributed by atoms with Crippen molar-refractivity contribution in [2.75, 3.05) is 6.67 Å². The molecule has 0 aliphatic carbocycles. The van der Waals surface area contributed by atoms with Gasteiger partial charge in [-0.1, -0.05) is 0 Å². The first kappa shape index (κ1) is 5.45. The lowest BCUT2D eigenvalue weighted by Gasteiger charge is -1.59. The molecule has 0 rings (SSSR count). The lowest BCUT2D eigenvalue weighted by Crippen LogP contribution is -1.52. The largest absolute Gasteiger partial charge is 0.246 e. The number of halogens is 1. The Bertz CT molecular complexity index is 68.0. The summed E-state index contributed by atoms with van der Waals surface area (Å²) in [6, 6.07) is 0. The zero-order valence-electron chi connectivity index (χ0n) is 3.74. The van der Waals surface area contributed by atoms with Gasteiger partial charge >= 0.3 is 0 Å². The molecule has 0 aromatic carbocycles. The van der Waals surface area contributed by atoms with Crippen molar-refractivity contribution in [1.82, 2.24) is 0 Å². The molecule has 1 heteroatoms. The second kappa shape index (κ2) is 4.45. The second-order valence-corrected chi connectivity index (χ2v) is 0.814. The van der Waals surface area contributed by atoms with E-state index in [9.17, 15) is 4.39 Å². The molecule has 34 valence electrons. The van der Waals surface area contributed by atoms with E-state index in [1.165, 1.54) is 6.08 Å². The van der Waals surface area contributed by atoms with Crippen LogP contribution in [-0.2, 0) is 0 Å². The van der Waals surface area contributed by atoms with Crippen molar-refractivity contribution in [2.45, 2.75) is 6.92 Å². The molecule has 0 amide bonds. The maximum atomic E-state index is 11.0. The van der Waals surface area contributed by atoms with Gasteiger partial charge in [0, 0.05) is 0 Å². The number of alkyl halides is 1. The molecule has 0 nitrogen and oxygen atoms in total. The summed E-state index contributed by atoms with van der Waals surface area (Å²) < 4.78 is 11.0. The van der Waals surface area contributed by atoms with E-state index in [4.69, 9.17) is 0 Å². The molecule has 0 radical (unpaired) electrons. The molecule has 0 spiro atoms. The molecule has 6 heavy (non-hydrogen) atoms. The predicted molar refractivity (Wildman–Crippen MR) is 24.3 cm³/mol. The third-order valence-corrected chi connectivity index (χ3v) is 0.362. The Morgan fingerprint density at radius 3 is 2.67 bits per heavy atom. The van der Waals surface area contributed by atoms with Crippen molar-refractivity contribution in [2.24, 2.45) is 0 Å². The average Bonchev–Trinajstić information content (AvgIpc) is 1.61. The second-order valence-electron chi connectivity index (χ2n) is 0.814. The highest BCUT2D eigenvalue weighted by Gasteiger charge is 1.55. The Kier molecular flexibility index (Phi) is 4.04. The Balaban J connectivity index is 3.18. The highest BCUT2D eigenvalue weighted by Crippen LogP contribution is 1.66. The van der Waals surface area contributed by atoms with Crippen LogP contribution in [0.2, 0.25) is 0 Å². The monoisotopic (exact) mass is 86.1 g/mol. The molecule has 0 fully saturated rings. The molecular weight excluding hydrogens is 79.1 g/mol. The quantitative estimate of drug-likeness (QED) is 0.426. The van der Waals surface area contributed by atoms with Crippen molar-refractivity contribution in [1.29, 1.82) is 0 Å². The molecule has 0 heterocycles. The van der Waals surface area contributed by atoms with Crippen molar-refractivity contribution in [3.63, 3.8) is 0 Å². The summed E-state index contributed by atoms with van der Waals surface area (Å²) in [5.74, 6) is 0. The van der Waals surface area contributed by atoms with E-state index in [0.29, 0.717) is 0 Å². The van der Waals surface area contributed by atoms with Crippen molar-refractivity contribution in [3.8, 4) is 0 Å². The van der Waals surface area contributed by atoms with Gasteiger partial charge in [0.15, 0.2) is 0 Å². The molecule has 0 atom stereocenters. The number of hydrogen-bond acceptors (Lipinski definition) is 0. The summed E-state index contributed by atoms with van der Waals surface area (Å²) in [6.07, 6.45) is 3.00. The summed E-state index contributed by atoms with van der Waals surface area (Å²) in [7, 11) is 0. The van der Waals surface area contributed by atoms with Crippen LogP contribution in [-0.4, -0.2) is 6.67 Å². The number of rotatable bonds is 1. The van der Waals surface area contributed by atoms with E-state index >= 15 is 0 Å². The van der Waals surface area contributed by atoms with Gasteiger partial charge in [0.05, 0.1) is 0 Å². The number of hydrogen-bond donors (Lipinski definition) is 0. The van der Waals surface area contributed by atoms with Crippen LogP contribution in [0.3, 0.4) is 0 Å². The first-order valence-corrected chi connectivity index (χ1v) is 1.83. The molecule has 0 aliphatic rings. The minimum absolute atomic E-state index is 0.412. The standard InChI is InChI=1S/C5H7F/c1-2-3-4-5-6/h2,4H,5H2,1H3. The van der Waals surface area contributed by atoms with Gasteiger partial charge in [0.25, 0.3) is 0 Å². The van der Waals surface area contributed by atoms with Crippen LogP contribution in [0.15, 0.2) is 17.9 Å². The average molecular weight is 86.1 g/mol. The SMILES string of the molecule is CC=C=CCF. The molecule has 0 bridgehead atoms. The van der Waals surface area contributed by atoms with Crippen LogP contribution < -0.4 is 0 Å². The minimum atomic E-state index is -0.412. The fourth-order valence-electron chi connectivity index (χ4n) is 0.162. The summed E-state index contributed by atoms with van der Waals surface area (Å²) >= 11 is 0. The van der Waals surface area contributed by atoms with E-state index in [2.05, 4.69) is 5.73 Å². The van der Waals surface area contributed by atoms with Crippen LogP contribution in [0.4, 0.5) is 4.39 Å². The third kappa shape index (κ3) is 3.45. The van der Waals surface area contributed by atoms with Crippen LogP contribution >= 0.6 is 0 Å². The van der Waals surface area contributed by atoms with Crippen LogP contribution in [0.5, 0.6) is 0 Å². The van der Waals surface area contributed by atoms with Gasteiger partial charge in [-0.05, 0) is 19.1 Å². The fraction of sp³-hybridized carbons (Fsp3) is 0.400. The molecule has 0 saturated heterocycles. The summed E-state index contributed by atoms with van der Waals surface area (Å²) in [4.78, 5) is 0. The van der Waals surface area contributed by atoms with Gasteiger partial charge in [-0.2, -0.15) is 0 Å². The Hall–Kier alpha value is -0.550. The fourth-order valence-corrected chi connectivity index (χ4v) is 0.162. The zero-order valence-corrected chi connectivity index (χ0v) is 3.74. The summed E-state index contributed by atoms with van der Waals surface area (Å²) in [6.45, 7) is 1.39. The van der Waals surface area contributed by atoms with Crippen molar-refractivity contribution in [3.05, 3.63) is 17.9 Å². The first-order valence-electron chi connectivity index (χ1n) is 1.83. The van der Waals surface area contributed by atoms with Gasteiger partial charge in [-0.3, -0.25) is 0 Å². The van der Waals surface area contributed by atoms with Crippen LogP contribution in [0.25, 0.3) is 0 Å². The molecule has 0 saturated carbocycles. The van der Waals surface area contributed by atoms with Crippen LogP contribution in [0, 0.1) is 0 Å². The lowest BCUT2D eigenvalue weighted by molar-refractivity contribution is 0.562. The van der Waals surface area contributed by atoms with E-state index in [0.717, 1.165) is 0 Å². The maximum Gasteiger partial charge on any atom is 0.115 e. The lowest BCUT2D eigenvalue weighted by atomic mass is 10.6. The first-order chi connectivity index (χ1) is 2.91. The molecule has 0 aromatic heterocycles. The highest BCUT2D eigenvalue weighted by atomic mass is 19.1. The van der Waals surface area contributed by atoms with E-state index in [-0.39, 0.29) is 0 Å². The van der Waals surface area contributed by atoms with Gasteiger partial charge < -0.3 is 0 Å². The topological polar surface area (TPSA) is 0 Å². The van der Waals surface area contributed by atoms with E-state index < -0.39 is 6.67 Å². The molecule has 0 N–H and O–H groups in total. The van der Waals surface area contributed by atoms with Gasteiger partial charge in [0.1, 0.15) is 6.67 Å². The van der Waals surface area contributed by atoms with E-state index in [1.54, 1.807) is 13.0 Å². The normalized spacial score (nSPS) is 6.33. The Morgan fingerprint density at radius 2 is 2.50 bits per heavy atom. The smallest absolute Gasteiger partial charge is 0.115 e. The Morgan fingerprint density at radius 1 is 1.83 bits per heavy atom.